The van der Waals surface area contributed by atoms with E-state index >= 15 is 0 Å². The molecule has 5 rings (SSSR count). The molecule has 1 N–H and O–H groups in total. The van der Waals surface area contributed by atoms with Crippen molar-refractivity contribution in [2.75, 3.05) is 10.8 Å². The van der Waals surface area contributed by atoms with Crippen LogP contribution in [0.1, 0.15) is 59.9 Å². The summed E-state index contributed by atoms with van der Waals surface area (Å²) in [5.41, 5.74) is 4.26. The van der Waals surface area contributed by atoms with Crippen LogP contribution in [0.15, 0.2) is 95.9 Å². The topological polar surface area (TPSA) is 86.8 Å². The van der Waals surface area contributed by atoms with Crippen molar-refractivity contribution in [1.29, 1.82) is 0 Å². The lowest BCUT2D eigenvalue weighted by Gasteiger charge is -2.35. The van der Waals surface area contributed by atoms with Gasteiger partial charge >= 0.3 is 0 Å². The van der Waals surface area contributed by atoms with Crippen LogP contribution in [-0.2, 0) is 32.6 Å². The number of hydrogen-bond acceptors (Lipinski definition) is 4. The number of carbonyl (C=O) groups excluding carboxylic acids is 2. The minimum absolute atomic E-state index is 0.00556. The molecular formula is C39H43Cl2N3O4S. The van der Waals surface area contributed by atoms with Gasteiger partial charge in [-0.05, 0) is 75.1 Å². The predicted octanol–water partition coefficient (Wildman–Crippen LogP) is 8.20. The van der Waals surface area contributed by atoms with E-state index < -0.39 is 28.5 Å². The zero-order valence-corrected chi connectivity index (χ0v) is 30.5. The summed E-state index contributed by atoms with van der Waals surface area (Å²) < 4.78 is 29.9. The number of hydrogen-bond donors (Lipinski definition) is 1. The van der Waals surface area contributed by atoms with Crippen LogP contribution in [0.4, 0.5) is 5.69 Å². The molecule has 1 aliphatic rings. The number of aryl methyl sites for hydroxylation is 3. The van der Waals surface area contributed by atoms with E-state index in [1.165, 1.54) is 4.90 Å². The Kier molecular flexibility index (Phi) is 12.1. The molecule has 0 bridgehead atoms. The van der Waals surface area contributed by atoms with Gasteiger partial charge < -0.3 is 10.2 Å². The highest BCUT2D eigenvalue weighted by Gasteiger charge is 2.36. The molecule has 1 fully saturated rings. The Balaban J connectivity index is 1.61. The van der Waals surface area contributed by atoms with Gasteiger partial charge in [-0.15, -0.1) is 0 Å². The fourth-order valence-corrected chi connectivity index (χ4v) is 8.38. The Morgan fingerprint density at radius 2 is 1.45 bits per heavy atom. The Bertz CT molecular complexity index is 1860. The number of amides is 2. The molecule has 0 aliphatic heterocycles. The molecule has 1 aliphatic carbocycles. The molecule has 258 valence electrons. The van der Waals surface area contributed by atoms with Gasteiger partial charge in [0, 0.05) is 34.6 Å². The zero-order chi connectivity index (χ0) is 35.1. The van der Waals surface area contributed by atoms with Crippen molar-refractivity contribution in [3.63, 3.8) is 0 Å². The maximum absolute atomic E-state index is 14.8. The number of anilines is 1. The van der Waals surface area contributed by atoms with Crippen LogP contribution in [-0.4, -0.2) is 43.8 Å². The fourth-order valence-electron chi connectivity index (χ4n) is 6.39. The quantitative estimate of drug-likeness (QED) is 0.160. The van der Waals surface area contributed by atoms with E-state index in [2.05, 4.69) is 5.32 Å². The van der Waals surface area contributed by atoms with Crippen LogP contribution in [0.3, 0.4) is 0 Å². The Hall–Kier alpha value is -3.85. The average Bonchev–Trinajstić information content (AvgIpc) is 3.07. The second-order valence-electron chi connectivity index (χ2n) is 12.9. The smallest absolute Gasteiger partial charge is 0.264 e. The van der Waals surface area contributed by atoms with E-state index in [9.17, 15) is 18.0 Å². The SMILES string of the molecule is Cc1ccc(S(=O)(=O)N(CC(=O)N(Cc2c(Cl)cccc2Cl)[C@@H](Cc2ccccc2)C(=O)NC2CCCCC2)c2ccc(C)cc2C)cc1. The van der Waals surface area contributed by atoms with Gasteiger partial charge in [0.25, 0.3) is 10.0 Å². The van der Waals surface area contributed by atoms with Gasteiger partial charge in [-0.1, -0.05) is 114 Å². The van der Waals surface area contributed by atoms with Crippen molar-refractivity contribution in [3.05, 3.63) is 129 Å². The summed E-state index contributed by atoms with van der Waals surface area (Å²) in [5, 5.41) is 3.91. The number of nitrogens with one attached hydrogen (secondary N) is 1. The first-order valence-corrected chi connectivity index (χ1v) is 18.9. The van der Waals surface area contributed by atoms with Gasteiger partial charge in [-0.3, -0.25) is 13.9 Å². The molecule has 10 heteroatoms. The number of halogens is 2. The maximum Gasteiger partial charge on any atom is 0.264 e. The highest BCUT2D eigenvalue weighted by Crippen LogP contribution is 2.31. The van der Waals surface area contributed by atoms with E-state index in [0.29, 0.717) is 26.9 Å². The van der Waals surface area contributed by atoms with Crippen molar-refractivity contribution >= 4 is 50.7 Å². The monoisotopic (exact) mass is 719 g/mol. The third-order valence-electron chi connectivity index (χ3n) is 9.12. The van der Waals surface area contributed by atoms with Crippen molar-refractivity contribution < 1.29 is 18.0 Å². The summed E-state index contributed by atoms with van der Waals surface area (Å²) in [7, 11) is -4.22. The normalized spacial score (nSPS) is 14.2. The zero-order valence-electron chi connectivity index (χ0n) is 28.2. The molecule has 0 aromatic heterocycles. The molecule has 2 amide bonds. The number of sulfonamides is 1. The van der Waals surface area contributed by atoms with E-state index in [1.54, 1.807) is 48.5 Å². The molecule has 1 atom stereocenters. The summed E-state index contributed by atoms with van der Waals surface area (Å²) in [5.74, 6) is -0.863. The van der Waals surface area contributed by atoms with Crippen LogP contribution in [0.5, 0.6) is 0 Å². The predicted molar refractivity (Wildman–Crippen MR) is 198 cm³/mol. The number of carbonyl (C=O) groups is 2. The van der Waals surface area contributed by atoms with Crippen molar-refractivity contribution in [2.24, 2.45) is 0 Å². The molecular weight excluding hydrogens is 677 g/mol. The van der Waals surface area contributed by atoms with Crippen LogP contribution in [0.25, 0.3) is 0 Å². The van der Waals surface area contributed by atoms with Crippen molar-refractivity contribution in [3.8, 4) is 0 Å². The lowest BCUT2D eigenvalue weighted by atomic mass is 9.94. The van der Waals surface area contributed by atoms with Crippen LogP contribution in [0, 0.1) is 20.8 Å². The first-order chi connectivity index (χ1) is 23.4. The van der Waals surface area contributed by atoms with Crippen LogP contribution >= 0.6 is 23.2 Å². The molecule has 1 saturated carbocycles. The summed E-state index contributed by atoms with van der Waals surface area (Å²) in [4.78, 5) is 30.7. The minimum Gasteiger partial charge on any atom is -0.352 e. The van der Waals surface area contributed by atoms with E-state index in [1.807, 2.05) is 63.2 Å². The molecule has 0 saturated heterocycles. The van der Waals surface area contributed by atoms with Crippen molar-refractivity contribution in [1.82, 2.24) is 10.2 Å². The third-order valence-corrected chi connectivity index (χ3v) is 11.6. The molecule has 4 aromatic carbocycles. The molecule has 4 aromatic rings. The van der Waals surface area contributed by atoms with Gasteiger partial charge in [0.05, 0.1) is 10.6 Å². The summed E-state index contributed by atoms with van der Waals surface area (Å²) in [6.07, 6.45) is 5.11. The second kappa shape index (κ2) is 16.2. The summed E-state index contributed by atoms with van der Waals surface area (Å²) >= 11 is 13.3. The maximum atomic E-state index is 14.8. The average molecular weight is 721 g/mol. The molecule has 0 unspecified atom stereocenters. The van der Waals surface area contributed by atoms with E-state index in [-0.39, 0.29) is 29.8 Å². The van der Waals surface area contributed by atoms with Gasteiger partial charge in [-0.2, -0.15) is 0 Å². The fraction of sp³-hybridized carbons (Fsp3) is 0.333. The first kappa shape index (κ1) is 36.4. The third kappa shape index (κ3) is 9.04. The lowest BCUT2D eigenvalue weighted by molar-refractivity contribution is -0.140. The molecule has 49 heavy (non-hydrogen) atoms. The Labute approximate surface area is 300 Å². The van der Waals surface area contributed by atoms with Crippen LogP contribution in [0.2, 0.25) is 10.0 Å². The molecule has 0 spiro atoms. The van der Waals surface area contributed by atoms with Crippen LogP contribution < -0.4 is 9.62 Å². The number of rotatable bonds is 12. The molecule has 0 radical (unpaired) electrons. The number of benzene rings is 4. The van der Waals surface area contributed by atoms with Gasteiger partial charge in [0.15, 0.2) is 0 Å². The highest BCUT2D eigenvalue weighted by atomic mass is 35.5. The summed E-state index contributed by atoms with van der Waals surface area (Å²) in [6, 6.07) is 25.6. The van der Waals surface area contributed by atoms with Gasteiger partial charge in [-0.25, -0.2) is 8.42 Å². The summed E-state index contributed by atoms with van der Waals surface area (Å²) in [6.45, 7) is 4.98. The van der Waals surface area contributed by atoms with E-state index in [0.717, 1.165) is 53.1 Å². The standard InChI is InChI=1S/C39H43Cl2N3O4S/c1-27-17-20-32(21-18-27)49(47,48)44(36-22-19-28(2)23-29(36)3)26-38(45)43(25-33-34(40)15-10-16-35(33)41)37(24-30-11-6-4-7-12-30)39(46)42-31-13-8-5-9-14-31/h4,6-7,10-12,15-23,31,37H,5,8-9,13-14,24-26H2,1-3H3,(H,42,46)/t37-/m0/s1. The highest BCUT2D eigenvalue weighted by molar-refractivity contribution is 7.92. The molecule has 0 heterocycles. The Morgan fingerprint density at radius 1 is 0.816 bits per heavy atom. The molecule has 7 nitrogen and oxygen atoms in total. The lowest BCUT2D eigenvalue weighted by Crippen LogP contribution is -2.55. The Morgan fingerprint density at radius 3 is 2.08 bits per heavy atom. The second-order valence-corrected chi connectivity index (χ2v) is 15.6. The first-order valence-electron chi connectivity index (χ1n) is 16.7. The minimum atomic E-state index is -4.22. The van der Waals surface area contributed by atoms with Gasteiger partial charge in [0.2, 0.25) is 11.8 Å². The number of nitrogens with zero attached hydrogens (tertiary/aromatic N) is 2. The van der Waals surface area contributed by atoms with Gasteiger partial charge in [0.1, 0.15) is 12.6 Å². The van der Waals surface area contributed by atoms with E-state index in [4.69, 9.17) is 23.2 Å². The largest absolute Gasteiger partial charge is 0.352 e. The van der Waals surface area contributed by atoms with Crippen molar-refractivity contribution in [2.45, 2.75) is 82.8 Å².